The molecule has 0 unspecified atom stereocenters. The molecule has 0 aliphatic rings. The maximum Gasteiger partial charge on any atom is 0.169 e. The fraction of sp³-hybridized carbons (Fsp3) is 0.381. The molecule has 0 atom stereocenters. The second-order valence-electron chi connectivity index (χ2n) is 6.25. The van der Waals surface area contributed by atoms with Crippen LogP contribution in [-0.4, -0.2) is 14.1 Å². The van der Waals surface area contributed by atoms with Crippen molar-refractivity contribution in [2.45, 2.75) is 39.2 Å². The molecule has 1 aromatic heterocycles. The van der Waals surface area contributed by atoms with Crippen LogP contribution in [0.25, 0.3) is 12.2 Å². The highest BCUT2D eigenvalue weighted by Crippen LogP contribution is 2.14. The summed E-state index contributed by atoms with van der Waals surface area (Å²) >= 11 is 0. The minimum absolute atomic E-state index is 0. The van der Waals surface area contributed by atoms with Crippen molar-refractivity contribution in [2.24, 2.45) is 0 Å². The summed E-state index contributed by atoms with van der Waals surface area (Å²) in [5.74, 6) is 0. The molecule has 0 N–H and O–H groups in total. The molecule has 130 valence electrons. The zero-order valence-electron chi connectivity index (χ0n) is 15.1. The summed E-state index contributed by atoms with van der Waals surface area (Å²) in [6, 6.07) is 13.0. The van der Waals surface area contributed by atoms with Gasteiger partial charge in [0.25, 0.3) is 0 Å². The van der Waals surface area contributed by atoms with E-state index in [1.807, 2.05) is 0 Å². The van der Waals surface area contributed by atoms with Crippen LogP contribution in [0, 0.1) is 0 Å². The summed E-state index contributed by atoms with van der Waals surface area (Å²) in [7, 11) is 4.12. The Morgan fingerprint density at radius 3 is 1.96 bits per heavy atom. The van der Waals surface area contributed by atoms with Gasteiger partial charge in [-0.2, -0.15) is 0 Å². The summed E-state index contributed by atoms with van der Waals surface area (Å²) in [6.07, 6.45) is 13.9. The number of aryl methyl sites for hydroxylation is 1. The number of hydrogen-bond acceptors (Lipinski definition) is 1. The van der Waals surface area contributed by atoms with E-state index < -0.39 is 0 Å². The quantitative estimate of drug-likeness (QED) is 0.348. The van der Waals surface area contributed by atoms with Crippen LogP contribution in [0.15, 0.2) is 48.8 Å². The zero-order chi connectivity index (χ0) is 16.5. The van der Waals surface area contributed by atoms with Gasteiger partial charge in [-0.1, -0.05) is 44.1 Å². The van der Waals surface area contributed by atoms with Crippen molar-refractivity contribution < 1.29 is 28.5 Å². The maximum absolute atomic E-state index is 2.28. The molecule has 0 saturated heterocycles. The van der Waals surface area contributed by atoms with E-state index >= 15 is 0 Å². The highest BCUT2D eigenvalue weighted by atomic mass is 127. The Labute approximate surface area is 164 Å². The van der Waals surface area contributed by atoms with E-state index in [0.29, 0.717) is 0 Å². The fourth-order valence-corrected chi connectivity index (χ4v) is 2.53. The van der Waals surface area contributed by atoms with Gasteiger partial charge in [-0.3, -0.25) is 0 Å². The summed E-state index contributed by atoms with van der Waals surface area (Å²) in [5.41, 5.74) is 3.70. The minimum atomic E-state index is 0. The second-order valence-corrected chi connectivity index (χ2v) is 6.25. The Morgan fingerprint density at radius 1 is 0.833 bits per heavy atom. The molecular formula is C21H29IN2. The van der Waals surface area contributed by atoms with E-state index in [2.05, 4.69) is 91.4 Å². The van der Waals surface area contributed by atoms with Gasteiger partial charge in [-0.05, 0) is 29.7 Å². The van der Waals surface area contributed by atoms with Crippen molar-refractivity contribution in [2.75, 3.05) is 19.0 Å². The molecule has 0 saturated carbocycles. The van der Waals surface area contributed by atoms with Crippen LogP contribution in [0.2, 0.25) is 0 Å². The molecule has 2 nitrogen and oxygen atoms in total. The Hall–Kier alpha value is -1.36. The van der Waals surface area contributed by atoms with Crippen molar-refractivity contribution in [1.82, 2.24) is 0 Å². The minimum Gasteiger partial charge on any atom is -1.00 e. The van der Waals surface area contributed by atoms with Crippen LogP contribution in [0.1, 0.15) is 43.7 Å². The van der Waals surface area contributed by atoms with Gasteiger partial charge in [0.1, 0.15) is 6.54 Å². The molecule has 0 spiro atoms. The number of rotatable bonds is 8. The summed E-state index contributed by atoms with van der Waals surface area (Å²) < 4.78 is 2.28. The Balaban J connectivity index is 0.00000288. The molecule has 2 aromatic rings. The van der Waals surface area contributed by atoms with E-state index in [1.54, 1.807) is 0 Å². The van der Waals surface area contributed by atoms with Gasteiger partial charge in [-0.15, -0.1) is 0 Å². The average Bonchev–Trinajstić information content (AvgIpc) is 2.58. The monoisotopic (exact) mass is 436 g/mol. The lowest BCUT2D eigenvalue weighted by atomic mass is 10.1. The maximum atomic E-state index is 2.28. The van der Waals surface area contributed by atoms with Crippen LogP contribution in [-0.2, 0) is 6.54 Å². The van der Waals surface area contributed by atoms with Crippen LogP contribution in [0.3, 0.4) is 0 Å². The third kappa shape index (κ3) is 7.04. The van der Waals surface area contributed by atoms with Crippen molar-refractivity contribution in [3.05, 3.63) is 59.9 Å². The van der Waals surface area contributed by atoms with Crippen molar-refractivity contribution in [1.29, 1.82) is 0 Å². The lowest BCUT2D eigenvalue weighted by molar-refractivity contribution is -0.697. The molecule has 0 aliphatic heterocycles. The highest BCUT2D eigenvalue weighted by Gasteiger charge is 1.99. The van der Waals surface area contributed by atoms with Crippen LogP contribution >= 0.6 is 0 Å². The smallest absolute Gasteiger partial charge is 0.169 e. The van der Waals surface area contributed by atoms with E-state index in [0.717, 1.165) is 6.54 Å². The first-order chi connectivity index (χ1) is 11.2. The molecule has 1 aromatic carbocycles. The van der Waals surface area contributed by atoms with E-state index in [-0.39, 0.29) is 24.0 Å². The van der Waals surface area contributed by atoms with Gasteiger partial charge >= 0.3 is 0 Å². The topological polar surface area (TPSA) is 7.12 Å². The number of hydrogen-bond donors (Lipinski definition) is 0. The highest BCUT2D eigenvalue weighted by molar-refractivity contribution is 5.70. The van der Waals surface area contributed by atoms with Gasteiger partial charge < -0.3 is 28.9 Å². The van der Waals surface area contributed by atoms with Crippen molar-refractivity contribution >= 4 is 17.8 Å². The second kappa shape index (κ2) is 11.2. The number of benzene rings is 1. The number of pyridine rings is 1. The van der Waals surface area contributed by atoms with E-state index in [4.69, 9.17) is 0 Å². The van der Waals surface area contributed by atoms with Crippen LogP contribution in [0.5, 0.6) is 0 Å². The normalized spacial score (nSPS) is 10.6. The van der Waals surface area contributed by atoms with Crippen molar-refractivity contribution in [3.63, 3.8) is 0 Å². The molecular weight excluding hydrogens is 407 g/mol. The lowest BCUT2D eigenvalue weighted by Gasteiger charge is -2.11. The SMILES string of the molecule is CCCCCC[n+]1ccc(/C=C/c2ccc(N(C)C)cc2)cc1.[I-]. The van der Waals surface area contributed by atoms with Gasteiger partial charge in [0.05, 0.1) is 0 Å². The van der Waals surface area contributed by atoms with Gasteiger partial charge in [0.2, 0.25) is 0 Å². The third-order valence-corrected chi connectivity index (χ3v) is 4.06. The molecule has 2 rings (SSSR count). The molecule has 0 radical (unpaired) electrons. The molecule has 0 fully saturated rings. The van der Waals surface area contributed by atoms with E-state index in [9.17, 15) is 0 Å². The summed E-state index contributed by atoms with van der Waals surface area (Å²) in [6.45, 7) is 3.37. The first kappa shape index (κ1) is 20.7. The average molecular weight is 436 g/mol. The molecule has 3 heteroatoms. The number of halogens is 1. The number of aromatic nitrogens is 1. The number of anilines is 1. The van der Waals surface area contributed by atoms with E-state index in [1.165, 1.54) is 42.5 Å². The fourth-order valence-electron chi connectivity index (χ4n) is 2.53. The largest absolute Gasteiger partial charge is 1.00 e. The number of nitrogens with zero attached hydrogens (tertiary/aromatic N) is 2. The lowest BCUT2D eigenvalue weighted by Crippen LogP contribution is -3.00. The van der Waals surface area contributed by atoms with Crippen molar-refractivity contribution in [3.8, 4) is 0 Å². The van der Waals surface area contributed by atoms with Crippen LogP contribution < -0.4 is 33.4 Å². The van der Waals surface area contributed by atoms with Gasteiger partial charge in [-0.25, -0.2) is 4.57 Å². The van der Waals surface area contributed by atoms with Crippen LogP contribution in [0.4, 0.5) is 5.69 Å². The number of unbranched alkanes of at least 4 members (excludes halogenated alkanes) is 3. The molecule has 24 heavy (non-hydrogen) atoms. The van der Waals surface area contributed by atoms with Gasteiger partial charge in [0, 0.05) is 38.3 Å². The first-order valence-corrected chi connectivity index (χ1v) is 8.63. The zero-order valence-corrected chi connectivity index (χ0v) is 17.2. The standard InChI is InChI=1S/C21H29N2.HI/c1-4-5-6-7-16-23-17-14-20(15-18-23)9-8-19-10-12-21(13-11-19)22(2)3;/h8-15,17-18H,4-7,16H2,1-3H3;1H/q+1;/p-1. The Kier molecular flexibility index (Phi) is 9.69. The summed E-state index contributed by atoms with van der Waals surface area (Å²) in [5, 5.41) is 0. The first-order valence-electron chi connectivity index (χ1n) is 8.63. The summed E-state index contributed by atoms with van der Waals surface area (Å²) in [4.78, 5) is 2.12. The predicted molar refractivity (Wildman–Crippen MR) is 100 cm³/mol. The predicted octanol–water partition coefficient (Wildman–Crippen LogP) is 1.79. The Morgan fingerprint density at radius 2 is 1.42 bits per heavy atom. The molecule has 0 aliphatic carbocycles. The van der Waals surface area contributed by atoms with Gasteiger partial charge in [0.15, 0.2) is 12.4 Å². The molecule has 0 bridgehead atoms. The molecule has 1 heterocycles. The molecule has 0 amide bonds. The Bertz CT molecular complexity index is 601. The third-order valence-electron chi connectivity index (χ3n) is 4.06.